The summed E-state index contributed by atoms with van der Waals surface area (Å²) >= 11 is 0. The largest absolute Gasteiger partial charge is 0.326 e. The van der Waals surface area contributed by atoms with E-state index in [4.69, 9.17) is 0 Å². The van der Waals surface area contributed by atoms with E-state index in [1.165, 1.54) is 54.7 Å². The van der Waals surface area contributed by atoms with E-state index >= 15 is 0 Å². The number of quaternary nitrogens is 2. The van der Waals surface area contributed by atoms with Gasteiger partial charge in [0.05, 0.1) is 52.4 Å². The smallest absolute Gasteiger partial charge is 0.0915 e. The van der Waals surface area contributed by atoms with E-state index < -0.39 is 0 Å². The highest BCUT2D eigenvalue weighted by atomic mass is 15.4. The third-order valence-corrected chi connectivity index (χ3v) is 5.44. The van der Waals surface area contributed by atoms with Crippen molar-refractivity contribution >= 4 is 0 Å². The molecular formula is C15H36N2+2. The van der Waals surface area contributed by atoms with Crippen molar-refractivity contribution < 1.29 is 8.97 Å². The zero-order valence-electron chi connectivity index (χ0n) is 13.4. The van der Waals surface area contributed by atoms with Crippen molar-refractivity contribution in [3.63, 3.8) is 0 Å². The summed E-state index contributed by atoms with van der Waals surface area (Å²) in [6.07, 6.45) is 1.35. The van der Waals surface area contributed by atoms with Crippen LogP contribution in [0.3, 0.4) is 0 Å². The molecule has 0 aromatic carbocycles. The highest BCUT2D eigenvalue weighted by molar-refractivity contribution is 4.54. The topological polar surface area (TPSA) is 0 Å². The molecule has 0 N–H and O–H groups in total. The Morgan fingerprint density at radius 2 is 1.18 bits per heavy atom. The number of nitrogens with zero attached hydrogens (tertiary/aromatic N) is 2. The fourth-order valence-corrected chi connectivity index (χ4v) is 2.92. The predicted molar refractivity (Wildman–Crippen MR) is 78.1 cm³/mol. The van der Waals surface area contributed by atoms with Crippen LogP contribution in [-0.4, -0.2) is 61.3 Å². The maximum absolute atomic E-state index is 2.45. The third-order valence-electron chi connectivity index (χ3n) is 5.44. The molecule has 0 aliphatic carbocycles. The van der Waals surface area contributed by atoms with Crippen molar-refractivity contribution in [2.45, 2.75) is 54.0 Å². The van der Waals surface area contributed by atoms with Crippen LogP contribution in [0.2, 0.25) is 0 Å². The lowest BCUT2D eigenvalue weighted by Gasteiger charge is -2.43. The van der Waals surface area contributed by atoms with Crippen molar-refractivity contribution in [3.05, 3.63) is 0 Å². The summed E-state index contributed by atoms with van der Waals surface area (Å²) in [5.41, 5.74) is 0. The van der Waals surface area contributed by atoms with Crippen LogP contribution in [-0.2, 0) is 0 Å². The first-order valence-electron chi connectivity index (χ1n) is 7.62. The minimum Gasteiger partial charge on any atom is -0.326 e. The summed E-state index contributed by atoms with van der Waals surface area (Å²) in [6.45, 7) is 21.8. The first-order chi connectivity index (χ1) is 7.93. The van der Waals surface area contributed by atoms with E-state index in [0.29, 0.717) is 0 Å². The molecule has 0 aliphatic rings. The highest BCUT2D eigenvalue weighted by Gasteiger charge is 2.30. The molecule has 2 nitrogen and oxygen atoms in total. The molecular weight excluding hydrogens is 208 g/mol. The molecule has 0 radical (unpaired) electrons. The summed E-state index contributed by atoms with van der Waals surface area (Å²) in [4.78, 5) is 0. The van der Waals surface area contributed by atoms with Crippen molar-refractivity contribution in [2.75, 3.05) is 46.3 Å². The Balaban J connectivity index is 4.47. The summed E-state index contributed by atoms with van der Waals surface area (Å²) in [6, 6.07) is 0.797. The Bertz CT molecular complexity index is 185. The van der Waals surface area contributed by atoms with E-state index in [1.54, 1.807) is 0 Å². The van der Waals surface area contributed by atoms with Gasteiger partial charge in [0.25, 0.3) is 0 Å². The lowest BCUT2D eigenvalue weighted by molar-refractivity contribution is -0.953. The van der Waals surface area contributed by atoms with Gasteiger partial charge < -0.3 is 8.97 Å². The van der Waals surface area contributed by atoms with Crippen molar-refractivity contribution in [1.82, 2.24) is 0 Å². The summed E-state index contributed by atoms with van der Waals surface area (Å²) in [5, 5.41) is 0. The van der Waals surface area contributed by atoms with Crippen LogP contribution in [0.15, 0.2) is 0 Å². The molecule has 0 fully saturated rings. The molecule has 1 atom stereocenters. The number of hydrogen-bond donors (Lipinski definition) is 0. The zero-order chi connectivity index (χ0) is 13.5. The average molecular weight is 244 g/mol. The fraction of sp³-hybridized carbons (Fsp3) is 1.00. The molecule has 1 unspecified atom stereocenters. The van der Waals surface area contributed by atoms with Gasteiger partial charge in [-0.3, -0.25) is 0 Å². The molecule has 0 rings (SSSR count). The Morgan fingerprint density at radius 1 is 0.765 bits per heavy atom. The van der Waals surface area contributed by atoms with E-state index in [0.717, 1.165) is 6.04 Å². The van der Waals surface area contributed by atoms with Crippen LogP contribution in [0, 0.1) is 0 Å². The lowest BCUT2D eigenvalue weighted by Crippen LogP contribution is -2.56. The van der Waals surface area contributed by atoms with Gasteiger partial charge >= 0.3 is 0 Å². The molecule has 0 saturated heterocycles. The minimum atomic E-state index is 0.797. The Morgan fingerprint density at radius 3 is 1.47 bits per heavy atom. The Labute approximate surface area is 110 Å². The molecule has 0 spiro atoms. The zero-order valence-corrected chi connectivity index (χ0v) is 13.4. The van der Waals surface area contributed by atoms with Crippen LogP contribution in [0.1, 0.15) is 48.0 Å². The van der Waals surface area contributed by atoms with Gasteiger partial charge in [0, 0.05) is 6.42 Å². The molecule has 2 heteroatoms. The standard InChI is InChI=1S/C15H36N2/c1-8-16(7,9-2)14-13-15(6)17(10-3,11-4)12-5/h15H,8-14H2,1-7H3/q+2. The van der Waals surface area contributed by atoms with Gasteiger partial charge in [-0.1, -0.05) is 0 Å². The SMILES string of the molecule is CC[N+](C)(CC)CCC(C)[N+](CC)(CC)CC. The normalized spacial score (nSPS) is 15.0. The van der Waals surface area contributed by atoms with Crippen LogP contribution in [0.4, 0.5) is 0 Å². The number of rotatable bonds is 9. The van der Waals surface area contributed by atoms with Crippen LogP contribution >= 0.6 is 0 Å². The molecule has 0 amide bonds. The third kappa shape index (κ3) is 4.26. The molecule has 104 valence electrons. The second-order valence-electron chi connectivity index (χ2n) is 5.78. The van der Waals surface area contributed by atoms with Gasteiger partial charge in [-0.05, 0) is 41.5 Å². The molecule has 0 heterocycles. The van der Waals surface area contributed by atoms with Gasteiger partial charge in [-0.2, -0.15) is 0 Å². The van der Waals surface area contributed by atoms with E-state index in [9.17, 15) is 0 Å². The lowest BCUT2D eigenvalue weighted by atomic mass is 10.1. The first-order valence-corrected chi connectivity index (χ1v) is 7.62. The molecule has 0 aliphatic heterocycles. The highest BCUT2D eigenvalue weighted by Crippen LogP contribution is 2.18. The van der Waals surface area contributed by atoms with Gasteiger partial charge in [0.2, 0.25) is 0 Å². The van der Waals surface area contributed by atoms with Gasteiger partial charge in [0.15, 0.2) is 0 Å². The van der Waals surface area contributed by atoms with Crippen molar-refractivity contribution in [2.24, 2.45) is 0 Å². The maximum atomic E-state index is 2.45. The van der Waals surface area contributed by atoms with Gasteiger partial charge in [0.1, 0.15) is 0 Å². The number of hydrogen-bond acceptors (Lipinski definition) is 0. The molecule has 0 bridgehead atoms. The Kier molecular flexibility index (Phi) is 7.34. The first kappa shape index (κ1) is 16.9. The van der Waals surface area contributed by atoms with Crippen LogP contribution in [0.5, 0.6) is 0 Å². The summed E-state index contributed by atoms with van der Waals surface area (Å²) in [7, 11) is 2.39. The monoisotopic (exact) mass is 244 g/mol. The average Bonchev–Trinajstić information content (AvgIpc) is 2.38. The molecule has 17 heavy (non-hydrogen) atoms. The van der Waals surface area contributed by atoms with E-state index in [2.05, 4.69) is 48.6 Å². The van der Waals surface area contributed by atoms with Crippen molar-refractivity contribution in [3.8, 4) is 0 Å². The summed E-state index contributed by atoms with van der Waals surface area (Å²) < 4.78 is 2.51. The van der Waals surface area contributed by atoms with Gasteiger partial charge in [-0.25, -0.2) is 0 Å². The fourth-order valence-electron chi connectivity index (χ4n) is 2.92. The molecule has 0 aromatic rings. The predicted octanol–water partition coefficient (Wildman–Crippen LogP) is 3.13. The quantitative estimate of drug-likeness (QED) is 0.547. The van der Waals surface area contributed by atoms with Gasteiger partial charge in [-0.15, -0.1) is 0 Å². The second-order valence-corrected chi connectivity index (χ2v) is 5.78. The van der Waals surface area contributed by atoms with E-state index in [-0.39, 0.29) is 0 Å². The van der Waals surface area contributed by atoms with Crippen LogP contribution in [0.25, 0.3) is 0 Å². The molecule has 0 aromatic heterocycles. The second kappa shape index (κ2) is 7.38. The van der Waals surface area contributed by atoms with E-state index in [1.807, 2.05) is 0 Å². The maximum Gasteiger partial charge on any atom is 0.0915 e. The molecule has 0 saturated carbocycles. The summed E-state index contributed by atoms with van der Waals surface area (Å²) in [5.74, 6) is 0. The Hall–Kier alpha value is -0.0800. The van der Waals surface area contributed by atoms with Crippen LogP contribution < -0.4 is 0 Å². The van der Waals surface area contributed by atoms with Crippen molar-refractivity contribution in [1.29, 1.82) is 0 Å². The minimum absolute atomic E-state index is 0.797.